The number of carbonyl (C=O) groups is 1. The zero-order valence-corrected chi connectivity index (χ0v) is 21.6. The number of aromatic nitrogens is 4. The van der Waals surface area contributed by atoms with Gasteiger partial charge in [0.25, 0.3) is 6.43 Å². The van der Waals surface area contributed by atoms with Crippen molar-refractivity contribution in [1.29, 1.82) is 0 Å². The first-order valence-corrected chi connectivity index (χ1v) is 12.9. The fraction of sp³-hybridized carbons (Fsp3) is 0.444. The highest BCUT2D eigenvalue weighted by Gasteiger charge is 2.52. The van der Waals surface area contributed by atoms with Crippen LogP contribution in [0.25, 0.3) is 0 Å². The molecule has 4 heterocycles. The molecule has 3 aromatic heterocycles. The van der Waals surface area contributed by atoms with Gasteiger partial charge >= 0.3 is 0 Å². The van der Waals surface area contributed by atoms with Crippen molar-refractivity contribution in [1.82, 2.24) is 30.4 Å². The highest BCUT2D eigenvalue weighted by atomic mass is 19.3. The molecule has 1 saturated heterocycles. The predicted octanol–water partition coefficient (Wildman–Crippen LogP) is 2.59. The number of aliphatic hydroxyl groups is 1. The minimum atomic E-state index is -2.61. The van der Waals surface area contributed by atoms with Crippen LogP contribution in [0, 0.1) is 0 Å². The van der Waals surface area contributed by atoms with Gasteiger partial charge in [-0.1, -0.05) is 12.1 Å². The quantitative estimate of drug-likeness (QED) is 0.375. The largest absolute Gasteiger partial charge is 0.472 e. The second kappa shape index (κ2) is 11.5. The van der Waals surface area contributed by atoms with Crippen molar-refractivity contribution in [2.24, 2.45) is 0 Å². The van der Waals surface area contributed by atoms with E-state index in [1.165, 1.54) is 18.3 Å². The summed E-state index contributed by atoms with van der Waals surface area (Å²) in [4.78, 5) is 23.8. The van der Waals surface area contributed by atoms with Crippen molar-refractivity contribution >= 4 is 11.7 Å². The molecule has 0 spiro atoms. The number of pyridine rings is 2. The van der Waals surface area contributed by atoms with Crippen LogP contribution in [0.5, 0.6) is 5.88 Å². The van der Waals surface area contributed by atoms with E-state index in [1.807, 2.05) is 17.0 Å². The van der Waals surface area contributed by atoms with Crippen LogP contribution in [0.3, 0.4) is 0 Å². The van der Waals surface area contributed by atoms with Crippen molar-refractivity contribution in [2.45, 2.75) is 51.0 Å². The van der Waals surface area contributed by atoms with Gasteiger partial charge in [0.15, 0.2) is 0 Å². The van der Waals surface area contributed by atoms with E-state index < -0.39 is 18.1 Å². The first-order chi connectivity index (χ1) is 18.8. The average molecular weight is 540 g/mol. The SMILES string of the molecule is CC(=O)N1CCN(c2ccc(CNC(O)C3(c4ccc(OCc5ccc(C(F)F)nc5)nn4)CC3)cn2)CC1. The van der Waals surface area contributed by atoms with Gasteiger partial charge in [-0.3, -0.25) is 15.1 Å². The Bertz CT molecular complexity index is 1250. The number of nitrogens with one attached hydrogen (secondary N) is 1. The molecule has 5 rings (SSSR count). The van der Waals surface area contributed by atoms with E-state index in [1.54, 1.807) is 25.3 Å². The van der Waals surface area contributed by atoms with E-state index in [-0.39, 0.29) is 18.2 Å². The summed E-state index contributed by atoms with van der Waals surface area (Å²) in [6.45, 7) is 5.06. The van der Waals surface area contributed by atoms with Crippen molar-refractivity contribution in [3.05, 3.63) is 71.3 Å². The lowest BCUT2D eigenvalue weighted by atomic mass is 9.99. The normalized spacial score (nSPS) is 17.3. The maximum atomic E-state index is 12.6. The topological polar surface area (TPSA) is 117 Å². The monoisotopic (exact) mass is 539 g/mol. The molecule has 0 radical (unpaired) electrons. The third-order valence-electron chi connectivity index (χ3n) is 7.28. The Kier molecular flexibility index (Phi) is 7.94. The molecule has 1 aliphatic heterocycles. The van der Waals surface area contributed by atoms with Crippen molar-refractivity contribution in [3.63, 3.8) is 0 Å². The Morgan fingerprint density at radius 3 is 2.33 bits per heavy atom. The molecule has 12 heteroatoms. The number of aliphatic hydroxyl groups excluding tert-OH is 1. The van der Waals surface area contributed by atoms with Crippen LogP contribution in [0.4, 0.5) is 14.6 Å². The first-order valence-electron chi connectivity index (χ1n) is 12.9. The number of rotatable bonds is 10. The minimum absolute atomic E-state index is 0.0986. The molecule has 0 bridgehead atoms. The Balaban J connectivity index is 1.11. The summed E-state index contributed by atoms with van der Waals surface area (Å²) in [5, 5.41) is 22.5. The number of halogens is 2. The van der Waals surface area contributed by atoms with Gasteiger partial charge in [-0.2, -0.15) is 5.10 Å². The summed E-state index contributed by atoms with van der Waals surface area (Å²) in [6, 6.07) is 10.2. The Labute approximate surface area is 225 Å². The van der Waals surface area contributed by atoms with Crippen LogP contribution >= 0.6 is 0 Å². The van der Waals surface area contributed by atoms with Crippen LogP contribution < -0.4 is 15.0 Å². The molecule has 1 amide bonds. The van der Waals surface area contributed by atoms with Gasteiger partial charge in [-0.05, 0) is 36.6 Å². The molecule has 3 aromatic rings. The third-order valence-corrected chi connectivity index (χ3v) is 7.28. The standard InChI is InChI=1S/C27H31F2N7O3/c1-18(37)35-10-12-36(13-11-35)23-6-3-19(14-31-23)15-32-26(38)27(8-9-27)22-5-7-24(34-33-22)39-17-20-2-4-21(25(28)29)30-16-20/h2-7,14,16,25-26,32,38H,8-13,15,17H2,1H3. The van der Waals surface area contributed by atoms with Gasteiger partial charge in [0.05, 0.1) is 11.1 Å². The molecule has 1 atom stereocenters. The number of piperazine rings is 1. The summed E-state index contributed by atoms with van der Waals surface area (Å²) in [5.41, 5.74) is 1.47. The van der Waals surface area contributed by atoms with Gasteiger partial charge < -0.3 is 19.6 Å². The smallest absolute Gasteiger partial charge is 0.280 e. The third kappa shape index (κ3) is 6.28. The van der Waals surface area contributed by atoms with Gasteiger partial charge in [-0.25, -0.2) is 13.8 Å². The van der Waals surface area contributed by atoms with Crippen LogP contribution in [-0.4, -0.2) is 68.5 Å². The number of anilines is 1. The zero-order valence-electron chi connectivity index (χ0n) is 21.6. The van der Waals surface area contributed by atoms with Gasteiger partial charge in [0.1, 0.15) is 24.3 Å². The van der Waals surface area contributed by atoms with E-state index >= 15 is 0 Å². The summed E-state index contributed by atoms with van der Waals surface area (Å²) < 4.78 is 30.9. The van der Waals surface area contributed by atoms with E-state index in [4.69, 9.17) is 4.74 Å². The molecule has 1 saturated carbocycles. The van der Waals surface area contributed by atoms with Crippen molar-refractivity contribution < 1.29 is 23.4 Å². The molecule has 2 fully saturated rings. The first kappa shape index (κ1) is 26.8. The van der Waals surface area contributed by atoms with Crippen LogP contribution in [0.1, 0.15) is 48.7 Å². The Morgan fingerprint density at radius 2 is 1.77 bits per heavy atom. The van der Waals surface area contributed by atoms with Crippen LogP contribution in [0.2, 0.25) is 0 Å². The summed E-state index contributed by atoms with van der Waals surface area (Å²) >= 11 is 0. The minimum Gasteiger partial charge on any atom is -0.472 e. The summed E-state index contributed by atoms with van der Waals surface area (Å²) in [7, 11) is 0. The molecule has 206 valence electrons. The number of amides is 1. The van der Waals surface area contributed by atoms with Crippen molar-refractivity contribution in [3.8, 4) is 5.88 Å². The molecule has 39 heavy (non-hydrogen) atoms. The maximum absolute atomic E-state index is 12.6. The zero-order chi connectivity index (χ0) is 27.4. The Hall–Kier alpha value is -3.77. The lowest BCUT2D eigenvalue weighted by Gasteiger charge is -2.34. The fourth-order valence-corrected chi connectivity index (χ4v) is 4.64. The second-order valence-corrected chi connectivity index (χ2v) is 9.89. The van der Waals surface area contributed by atoms with E-state index in [0.717, 1.165) is 37.3 Å². The predicted molar refractivity (Wildman–Crippen MR) is 138 cm³/mol. The Morgan fingerprint density at radius 1 is 1.03 bits per heavy atom. The molecule has 10 nitrogen and oxygen atoms in total. The number of carbonyl (C=O) groups excluding carboxylic acids is 1. The number of hydrogen-bond donors (Lipinski definition) is 2. The van der Waals surface area contributed by atoms with Crippen LogP contribution in [0.15, 0.2) is 48.8 Å². The van der Waals surface area contributed by atoms with Crippen molar-refractivity contribution in [2.75, 3.05) is 31.1 Å². The molecule has 1 unspecified atom stereocenters. The average Bonchev–Trinajstić information content (AvgIpc) is 3.78. The number of ether oxygens (including phenoxy) is 1. The maximum Gasteiger partial charge on any atom is 0.280 e. The molecular formula is C27H31F2N7O3. The molecule has 1 aliphatic carbocycles. The van der Waals surface area contributed by atoms with Crippen LogP contribution in [-0.2, 0) is 23.4 Å². The summed E-state index contributed by atoms with van der Waals surface area (Å²) in [6.07, 6.45) is 1.29. The molecule has 2 N–H and O–H groups in total. The fourth-order valence-electron chi connectivity index (χ4n) is 4.64. The number of nitrogens with zero attached hydrogens (tertiary/aromatic N) is 6. The highest BCUT2D eigenvalue weighted by Crippen LogP contribution is 2.49. The lowest BCUT2D eigenvalue weighted by molar-refractivity contribution is -0.129. The van der Waals surface area contributed by atoms with E-state index in [0.29, 0.717) is 36.8 Å². The highest BCUT2D eigenvalue weighted by molar-refractivity contribution is 5.73. The van der Waals surface area contributed by atoms with E-state index in [2.05, 4.69) is 30.4 Å². The molecule has 0 aromatic carbocycles. The lowest BCUT2D eigenvalue weighted by Crippen LogP contribution is -2.48. The van der Waals surface area contributed by atoms with E-state index in [9.17, 15) is 18.7 Å². The summed E-state index contributed by atoms with van der Waals surface area (Å²) in [5.74, 6) is 1.27. The number of hydrogen-bond acceptors (Lipinski definition) is 9. The molecular weight excluding hydrogens is 508 g/mol. The second-order valence-electron chi connectivity index (χ2n) is 9.89. The van der Waals surface area contributed by atoms with Gasteiger partial charge in [-0.15, -0.1) is 5.10 Å². The molecule has 2 aliphatic rings. The van der Waals surface area contributed by atoms with Gasteiger partial charge in [0, 0.05) is 63.7 Å². The number of alkyl halides is 2. The van der Waals surface area contributed by atoms with Gasteiger partial charge in [0.2, 0.25) is 11.8 Å².